The molecular weight excluding hydrogens is 394 g/mol. The van der Waals surface area contributed by atoms with Crippen molar-refractivity contribution in [3.63, 3.8) is 0 Å². The van der Waals surface area contributed by atoms with Crippen LogP contribution in [0.15, 0.2) is 48.7 Å². The van der Waals surface area contributed by atoms with Gasteiger partial charge in [0.2, 0.25) is 0 Å². The van der Waals surface area contributed by atoms with Crippen LogP contribution in [0.25, 0.3) is 21.0 Å². The molecule has 2 heterocycles. The number of carbonyl (C=O) groups is 2. The molecule has 4 rings (SSSR count). The molecule has 0 aliphatic heterocycles. The number of rotatable bonds is 5. The Bertz CT molecular complexity index is 1270. The maximum absolute atomic E-state index is 12.7. The molecule has 0 radical (unpaired) electrons. The van der Waals surface area contributed by atoms with Crippen molar-refractivity contribution >= 4 is 55.6 Å². The lowest BCUT2D eigenvalue weighted by molar-refractivity contribution is -0.384. The Morgan fingerprint density at radius 1 is 1.21 bits per heavy atom. The minimum absolute atomic E-state index is 0.0858. The minimum Gasteiger partial charge on any atom is -0.462 e. The largest absolute Gasteiger partial charge is 0.462 e. The van der Waals surface area contributed by atoms with E-state index in [1.807, 2.05) is 6.07 Å². The second-order valence-corrected chi connectivity index (χ2v) is 7.31. The van der Waals surface area contributed by atoms with Gasteiger partial charge in [0, 0.05) is 39.6 Å². The number of thiophene rings is 1. The van der Waals surface area contributed by atoms with Crippen LogP contribution >= 0.6 is 11.3 Å². The molecule has 0 unspecified atom stereocenters. The lowest BCUT2D eigenvalue weighted by Gasteiger charge is -2.04. The lowest BCUT2D eigenvalue weighted by Crippen LogP contribution is -2.11. The van der Waals surface area contributed by atoms with Crippen LogP contribution < -0.4 is 5.32 Å². The van der Waals surface area contributed by atoms with Gasteiger partial charge in [0.25, 0.3) is 11.6 Å². The first kappa shape index (κ1) is 18.6. The Kier molecular flexibility index (Phi) is 4.73. The highest BCUT2D eigenvalue weighted by atomic mass is 32.1. The first-order valence-electron chi connectivity index (χ1n) is 8.74. The molecule has 29 heavy (non-hydrogen) atoms. The van der Waals surface area contributed by atoms with E-state index in [0.717, 1.165) is 10.1 Å². The number of aromatic amines is 1. The Labute approximate surface area is 168 Å². The van der Waals surface area contributed by atoms with Crippen molar-refractivity contribution in [2.45, 2.75) is 6.92 Å². The molecule has 0 saturated heterocycles. The zero-order valence-electron chi connectivity index (χ0n) is 15.2. The summed E-state index contributed by atoms with van der Waals surface area (Å²) in [5.74, 6) is -0.767. The number of nitro benzene ring substituents is 1. The third-order valence-electron chi connectivity index (χ3n) is 4.37. The molecule has 8 nitrogen and oxygen atoms in total. The maximum atomic E-state index is 12.7. The van der Waals surface area contributed by atoms with Crippen LogP contribution in [0.3, 0.4) is 0 Å². The molecule has 0 bridgehead atoms. The number of nitrogens with one attached hydrogen (secondary N) is 2. The van der Waals surface area contributed by atoms with E-state index >= 15 is 0 Å². The summed E-state index contributed by atoms with van der Waals surface area (Å²) in [6.45, 7) is 2.05. The molecular formula is C20H15N3O5S. The number of nitrogens with zero attached hydrogens (tertiary/aromatic N) is 1. The molecule has 2 aromatic heterocycles. The zero-order valence-corrected chi connectivity index (χ0v) is 16.0. The monoisotopic (exact) mass is 409 g/mol. The summed E-state index contributed by atoms with van der Waals surface area (Å²) in [6, 6.07) is 11.4. The van der Waals surface area contributed by atoms with Gasteiger partial charge in [0.1, 0.15) is 4.88 Å². The zero-order chi connectivity index (χ0) is 20.5. The second-order valence-electron chi connectivity index (χ2n) is 6.23. The molecule has 0 aliphatic rings. The number of hydrogen-bond acceptors (Lipinski definition) is 6. The average molecular weight is 409 g/mol. The summed E-state index contributed by atoms with van der Waals surface area (Å²) in [5, 5.41) is 15.1. The SMILES string of the molecule is CCOC(=O)c1cc2cc(NC(=O)c3c[nH]c4ccc([N+](=O)[O-])cc34)ccc2s1. The number of aromatic nitrogens is 1. The van der Waals surface area contributed by atoms with Gasteiger partial charge in [-0.05, 0) is 42.6 Å². The smallest absolute Gasteiger partial charge is 0.348 e. The molecule has 2 aromatic carbocycles. The van der Waals surface area contributed by atoms with Crippen molar-refractivity contribution in [2.75, 3.05) is 11.9 Å². The number of nitro groups is 1. The molecule has 0 saturated carbocycles. The van der Waals surface area contributed by atoms with Crippen LogP contribution in [0.1, 0.15) is 27.0 Å². The molecule has 0 aliphatic carbocycles. The van der Waals surface area contributed by atoms with Crippen molar-refractivity contribution in [3.8, 4) is 0 Å². The number of ether oxygens (including phenoxy) is 1. The number of non-ortho nitro benzene ring substituents is 1. The van der Waals surface area contributed by atoms with E-state index in [1.54, 1.807) is 31.2 Å². The number of hydrogen-bond donors (Lipinski definition) is 2. The molecule has 9 heteroatoms. The highest BCUT2D eigenvalue weighted by molar-refractivity contribution is 7.20. The summed E-state index contributed by atoms with van der Waals surface area (Å²) < 4.78 is 5.92. The summed E-state index contributed by atoms with van der Waals surface area (Å²) in [7, 11) is 0. The van der Waals surface area contributed by atoms with Gasteiger partial charge in [-0.3, -0.25) is 14.9 Å². The van der Waals surface area contributed by atoms with Crippen molar-refractivity contribution in [3.05, 3.63) is 69.2 Å². The fourth-order valence-electron chi connectivity index (χ4n) is 3.03. The standard InChI is InChI=1S/C20H15N3O5S/c1-2-28-20(25)18-8-11-7-12(3-6-17(11)29-18)22-19(24)15-10-21-16-5-4-13(23(26)27)9-14(15)16/h3-10,21H,2H2,1H3,(H,22,24). The highest BCUT2D eigenvalue weighted by Gasteiger charge is 2.16. The molecule has 0 atom stereocenters. The Morgan fingerprint density at radius 2 is 2.03 bits per heavy atom. The van der Waals surface area contributed by atoms with Crippen LogP contribution in [0.5, 0.6) is 0 Å². The van der Waals surface area contributed by atoms with Crippen molar-refractivity contribution in [1.82, 2.24) is 4.98 Å². The Hall–Kier alpha value is -3.72. The predicted molar refractivity (Wildman–Crippen MR) is 111 cm³/mol. The van der Waals surface area contributed by atoms with Gasteiger partial charge < -0.3 is 15.0 Å². The molecule has 0 fully saturated rings. The topological polar surface area (TPSA) is 114 Å². The van der Waals surface area contributed by atoms with Gasteiger partial charge in [-0.2, -0.15) is 0 Å². The van der Waals surface area contributed by atoms with Gasteiger partial charge in [0.05, 0.1) is 17.1 Å². The Morgan fingerprint density at radius 3 is 2.79 bits per heavy atom. The number of benzene rings is 2. The van der Waals surface area contributed by atoms with E-state index in [9.17, 15) is 19.7 Å². The van der Waals surface area contributed by atoms with E-state index in [2.05, 4.69) is 10.3 Å². The fraction of sp³-hybridized carbons (Fsp3) is 0.100. The maximum Gasteiger partial charge on any atom is 0.348 e. The predicted octanol–water partition coefficient (Wildman–Crippen LogP) is 4.72. The summed E-state index contributed by atoms with van der Waals surface area (Å²) in [4.78, 5) is 38.6. The third kappa shape index (κ3) is 3.55. The van der Waals surface area contributed by atoms with E-state index in [1.165, 1.54) is 29.7 Å². The third-order valence-corrected chi connectivity index (χ3v) is 5.47. The summed E-state index contributed by atoms with van der Waals surface area (Å²) in [6.07, 6.45) is 1.52. The van der Waals surface area contributed by atoms with E-state index in [0.29, 0.717) is 33.6 Å². The van der Waals surface area contributed by atoms with Gasteiger partial charge in [-0.25, -0.2) is 4.79 Å². The number of amides is 1. The van der Waals surface area contributed by atoms with Crippen molar-refractivity contribution in [2.24, 2.45) is 0 Å². The van der Waals surface area contributed by atoms with Crippen LogP contribution in [0.2, 0.25) is 0 Å². The molecule has 0 spiro atoms. The first-order chi connectivity index (χ1) is 14.0. The number of anilines is 1. The summed E-state index contributed by atoms with van der Waals surface area (Å²) in [5.41, 5.74) is 1.40. The van der Waals surface area contributed by atoms with Gasteiger partial charge in [-0.15, -0.1) is 11.3 Å². The van der Waals surface area contributed by atoms with E-state index < -0.39 is 10.8 Å². The highest BCUT2D eigenvalue weighted by Crippen LogP contribution is 2.29. The number of fused-ring (bicyclic) bond motifs is 2. The minimum atomic E-state index is -0.500. The molecule has 1 amide bonds. The van der Waals surface area contributed by atoms with Crippen LogP contribution in [0, 0.1) is 10.1 Å². The van der Waals surface area contributed by atoms with Crippen LogP contribution in [0.4, 0.5) is 11.4 Å². The normalized spacial score (nSPS) is 10.9. The molecule has 2 N–H and O–H groups in total. The fourth-order valence-corrected chi connectivity index (χ4v) is 3.97. The van der Waals surface area contributed by atoms with Gasteiger partial charge in [-0.1, -0.05) is 0 Å². The lowest BCUT2D eigenvalue weighted by atomic mass is 10.1. The molecule has 4 aromatic rings. The number of H-pyrrole nitrogens is 1. The van der Waals surface area contributed by atoms with E-state index in [4.69, 9.17) is 4.74 Å². The Balaban J connectivity index is 1.62. The van der Waals surface area contributed by atoms with Crippen LogP contribution in [-0.4, -0.2) is 28.4 Å². The quantitative estimate of drug-likeness (QED) is 0.281. The second kappa shape index (κ2) is 7.36. The van der Waals surface area contributed by atoms with E-state index in [-0.39, 0.29) is 11.7 Å². The van der Waals surface area contributed by atoms with Crippen molar-refractivity contribution in [1.29, 1.82) is 0 Å². The number of carbonyl (C=O) groups excluding carboxylic acids is 2. The van der Waals surface area contributed by atoms with Crippen LogP contribution in [-0.2, 0) is 4.74 Å². The first-order valence-corrected chi connectivity index (χ1v) is 9.55. The summed E-state index contributed by atoms with van der Waals surface area (Å²) >= 11 is 1.32. The van der Waals surface area contributed by atoms with Gasteiger partial charge >= 0.3 is 5.97 Å². The average Bonchev–Trinajstić information content (AvgIpc) is 3.31. The molecule has 146 valence electrons. The van der Waals surface area contributed by atoms with Crippen molar-refractivity contribution < 1.29 is 19.2 Å². The number of esters is 1. The van der Waals surface area contributed by atoms with Gasteiger partial charge in [0.15, 0.2) is 0 Å².